The topological polar surface area (TPSA) is 78.4 Å². The Hall–Kier alpha value is -1.10. The van der Waals surface area contributed by atoms with E-state index in [0.29, 0.717) is 18.9 Å². The van der Waals surface area contributed by atoms with E-state index in [4.69, 9.17) is 5.11 Å². The van der Waals surface area contributed by atoms with Gasteiger partial charge in [0.15, 0.2) is 0 Å². The normalized spacial score (nSPS) is 25.4. The molecule has 2 fully saturated rings. The summed E-state index contributed by atoms with van der Waals surface area (Å²) < 4.78 is 0. The van der Waals surface area contributed by atoms with E-state index in [1.165, 1.54) is 0 Å². The lowest BCUT2D eigenvalue weighted by atomic mass is 9.66. The van der Waals surface area contributed by atoms with Crippen LogP contribution in [0.2, 0.25) is 0 Å². The summed E-state index contributed by atoms with van der Waals surface area (Å²) in [4.78, 5) is 22.6. The third-order valence-corrected chi connectivity index (χ3v) is 4.24. The maximum atomic E-state index is 11.8. The second-order valence-corrected chi connectivity index (χ2v) is 5.76. The van der Waals surface area contributed by atoms with Gasteiger partial charge in [-0.25, -0.2) is 0 Å². The molecule has 2 aliphatic rings. The highest BCUT2D eigenvalue weighted by molar-refractivity contribution is 5.76. The lowest BCUT2D eigenvalue weighted by Crippen LogP contribution is -2.43. The first kappa shape index (κ1) is 13.3. The van der Waals surface area contributed by atoms with Crippen LogP contribution in [-0.4, -0.2) is 36.6 Å². The average Bonchev–Trinajstić information content (AvgIpc) is 2.74. The molecule has 1 atom stereocenters. The van der Waals surface area contributed by atoms with Crippen LogP contribution in [-0.2, 0) is 9.59 Å². The molecule has 1 aliphatic carbocycles. The van der Waals surface area contributed by atoms with Crippen molar-refractivity contribution in [2.45, 2.75) is 38.5 Å². The summed E-state index contributed by atoms with van der Waals surface area (Å²) in [6.45, 7) is 2.45. The van der Waals surface area contributed by atoms with E-state index in [1.54, 1.807) is 0 Å². The SMILES string of the molecule is O=C(O)CC1(CNC(=O)CC2CCNC2)CCC1. The molecule has 1 unspecified atom stereocenters. The van der Waals surface area contributed by atoms with Crippen LogP contribution in [0.1, 0.15) is 38.5 Å². The summed E-state index contributed by atoms with van der Waals surface area (Å²) in [6, 6.07) is 0. The van der Waals surface area contributed by atoms with E-state index in [9.17, 15) is 9.59 Å². The standard InChI is InChI=1S/C13H22N2O3/c16-11(6-10-2-5-14-8-10)15-9-13(3-1-4-13)7-12(17)18/h10,14H,1-9H2,(H,15,16)(H,17,18). The summed E-state index contributed by atoms with van der Waals surface area (Å²) in [6.07, 6.45) is 4.73. The first-order valence-corrected chi connectivity index (χ1v) is 6.79. The summed E-state index contributed by atoms with van der Waals surface area (Å²) in [7, 11) is 0. The van der Waals surface area contributed by atoms with Crippen LogP contribution in [0.25, 0.3) is 0 Å². The Bertz CT molecular complexity index is 320. The fourth-order valence-corrected chi connectivity index (χ4v) is 2.92. The summed E-state index contributed by atoms with van der Waals surface area (Å²) in [5.74, 6) is -0.244. The second kappa shape index (κ2) is 5.69. The molecule has 5 nitrogen and oxygen atoms in total. The van der Waals surface area contributed by atoms with Crippen LogP contribution >= 0.6 is 0 Å². The zero-order valence-corrected chi connectivity index (χ0v) is 10.7. The van der Waals surface area contributed by atoms with Gasteiger partial charge >= 0.3 is 5.97 Å². The molecule has 1 aliphatic heterocycles. The molecule has 0 aromatic rings. The van der Waals surface area contributed by atoms with Crippen LogP contribution < -0.4 is 10.6 Å². The van der Waals surface area contributed by atoms with E-state index in [-0.39, 0.29) is 17.7 Å². The number of hydrogen-bond donors (Lipinski definition) is 3. The van der Waals surface area contributed by atoms with Crippen molar-refractivity contribution in [2.24, 2.45) is 11.3 Å². The van der Waals surface area contributed by atoms with Crippen LogP contribution in [0, 0.1) is 11.3 Å². The zero-order valence-electron chi connectivity index (χ0n) is 10.7. The summed E-state index contributed by atoms with van der Waals surface area (Å²) in [5.41, 5.74) is -0.171. The quantitative estimate of drug-likeness (QED) is 0.653. The highest BCUT2D eigenvalue weighted by Crippen LogP contribution is 2.43. The molecule has 18 heavy (non-hydrogen) atoms. The maximum absolute atomic E-state index is 11.8. The van der Waals surface area contributed by atoms with Crippen molar-refractivity contribution in [3.8, 4) is 0 Å². The van der Waals surface area contributed by atoms with Crippen LogP contribution in [0.3, 0.4) is 0 Å². The molecule has 1 saturated carbocycles. The van der Waals surface area contributed by atoms with Crippen molar-refractivity contribution in [3.05, 3.63) is 0 Å². The predicted molar refractivity (Wildman–Crippen MR) is 67.1 cm³/mol. The third-order valence-electron chi connectivity index (χ3n) is 4.24. The van der Waals surface area contributed by atoms with Gasteiger partial charge in [0.25, 0.3) is 0 Å². The number of aliphatic carboxylic acids is 1. The average molecular weight is 254 g/mol. The molecule has 0 aromatic heterocycles. The smallest absolute Gasteiger partial charge is 0.303 e. The van der Waals surface area contributed by atoms with E-state index in [1.807, 2.05) is 0 Å². The first-order valence-electron chi connectivity index (χ1n) is 6.79. The number of hydrogen-bond acceptors (Lipinski definition) is 3. The minimum absolute atomic E-state index is 0.0698. The van der Waals surface area contributed by atoms with Crippen LogP contribution in [0.4, 0.5) is 0 Å². The van der Waals surface area contributed by atoms with E-state index < -0.39 is 5.97 Å². The van der Waals surface area contributed by atoms with Gasteiger partial charge in [0, 0.05) is 13.0 Å². The van der Waals surface area contributed by atoms with E-state index >= 15 is 0 Å². The maximum Gasteiger partial charge on any atom is 0.303 e. The van der Waals surface area contributed by atoms with Gasteiger partial charge in [-0.2, -0.15) is 0 Å². The van der Waals surface area contributed by atoms with E-state index in [2.05, 4.69) is 10.6 Å². The molecule has 0 radical (unpaired) electrons. The Balaban J connectivity index is 1.72. The molecule has 102 valence electrons. The van der Waals surface area contributed by atoms with Crippen LogP contribution in [0.15, 0.2) is 0 Å². The fraction of sp³-hybridized carbons (Fsp3) is 0.846. The third kappa shape index (κ3) is 3.45. The summed E-state index contributed by atoms with van der Waals surface area (Å²) in [5, 5.41) is 15.1. The molecule has 1 heterocycles. The second-order valence-electron chi connectivity index (χ2n) is 5.76. The zero-order chi connectivity index (χ0) is 13.0. The minimum Gasteiger partial charge on any atom is -0.481 e. The van der Waals surface area contributed by atoms with Crippen LogP contribution in [0.5, 0.6) is 0 Å². The van der Waals surface area contributed by atoms with Gasteiger partial charge < -0.3 is 15.7 Å². The van der Waals surface area contributed by atoms with Gasteiger partial charge in [0.05, 0.1) is 6.42 Å². The highest BCUT2D eigenvalue weighted by atomic mass is 16.4. The van der Waals surface area contributed by atoms with Crippen molar-refractivity contribution >= 4 is 11.9 Å². The number of carbonyl (C=O) groups excluding carboxylic acids is 1. The first-order chi connectivity index (χ1) is 8.60. The Morgan fingerprint density at radius 3 is 2.67 bits per heavy atom. The summed E-state index contributed by atoms with van der Waals surface area (Å²) >= 11 is 0. The molecular weight excluding hydrogens is 232 g/mol. The Labute approximate surface area is 107 Å². The fourth-order valence-electron chi connectivity index (χ4n) is 2.92. The Morgan fingerprint density at radius 1 is 1.39 bits per heavy atom. The van der Waals surface area contributed by atoms with Gasteiger partial charge in [-0.3, -0.25) is 9.59 Å². The van der Waals surface area contributed by atoms with Gasteiger partial charge in [0.1, 0.15) is 0 Å². The number of carbonyl (C=O) groups is 2. The molecule has 0 spiro atoms. The van der Waals surface area contributed by atoms with Crippen molar-refractivity contribution < 1.29 is 14.7 Å². The lowest BCUT2D eigenvalue weighted by molar-refractivity contribution is -0.141. The molecular formula is C13H22N2O3. The van der Waals surface area contributed by atoms with Crippen molar-refractivity contribution in [3.63, 3.8) is 0 Å². The van der Waals surface area contributed by atoms with Crippen molar-refractivity contribution in [1.29, 1.82) is 0 Å². The molecule has 5 heteroatoms. The van der Waals surface area contributed by atoms with Gasteiger partial charge in [-0.05, 0) is 43.7 Å². The molecule has 3 N–H and O–H groups in total. The van der Waals surface area contributed by atoms with Gasteiger partial charge in [-0.15, -0.1) is 0 Å². The largest absolute Gasteiger partial charge is 0.481 e. The number of carboxylic acid groups (broad SMARTS) is 1. The van der Waals surface area contributed by atoms with Crippen molar-refractivity contribution in [1.82, 2.24) is 10.6 Å². The highest BCUT2D eigenvalue weighted by Gasteiger charge is 2.39. The predicted octanol–water partition coefficient (Wildman–Crippen LogP) is 0.747. The molecule has 0 aromatic carbocycles. The monoisotopic (exact) mass is 254 g/mol. The number of rotatable bonds is 6. The minimum atomic E-state index is -0.760. The Morgan fingerprint density at radius 2 is 2.17 bits per heavy atom. The van der Waals surface area contributed by atoms with Crippen molar-refractivity contribution in [2.75, 3.05) is 19.6 Å². The van der Waals surface area contributed by atoms with Gasteiger partial charge in [0.2, 0.25) is 5.91 Å². The number of carboxylic acids is 1. The lowest BCUT2D eigenvalue weighted by Gasteiger charge is -2.40. The molecule has 1 amide bonds. The molecule has 2 rings (SSSR count). The number of nitrogens with one attached hydrogen (secondary N) is 2. The number of amides is 1. The Kier molecular flexibility index (Phi) is 4.22. The van der Waals surface area contributed by atoms with Gasteiger partial charge in [-0.1, -0.05) is 6.42 Å². The molecule has 0 bridgehead atoms. The van der Waals surface area contributed by atoms with E-state index in [0.717, 1.165) is 38.8 Å². The molecule has 1 saturated heterocycles.